The summed E-state index contributed by atoms with van der Waals surface area (Å²) in [7, 11) is 0. The minimum absolute atomic E-state index is 0.0170. The van der Waals surface area contributed by atoms with E-state index in [1.54, 1.807) is 24.3 Å². The molecule has 10 heteroatoms. The summed E-state index contributed by atoms with van der Waals surface area (Å²) in [5, 5.41) is 26.2. The van der Waals surface area contributed by atoms with E-state index in [4.69, 9.17) is 9.83 Å². The summed E-state index contributed by atoms with van der Waals surface area (Å²) < 4.78 is 5.78. The van der Waals surface area contributed by atoms with E-state index in [1.807, 2.05) is 31.2 Å². The van der Waals surface area contributed by atoms with E-state index in [0.717, 1.165) is 11.1 Å². The zero-order valence-electron chi connectivity index (χ0n) is 17.2. The van der Waals surface area contributed by atoms with Crippen molar-refractivity contribution < 1.29 is 14.1 Å². The highest BCUT2D eigenvalue weighted by atomic mass is 32.2. The predicted octanol–water partition coefficient (Wildman–Crippen LogP) is 4.83. The van der Waals surface area contributed by atoms with Gasteiger partial charge in [-0.15, -0.1) is 0 Å². The lowest BCUT2D eigenvalue weighted by Crippen LogP contribution is -2.35. The van der Waals surface area contributed by atoms with Crippen LogP contribution in [0.3, 0.4) is 0 Å². The number of thioether (sulfide) groups is 1. The van der Waals surface area contributed by atoms with Gasteiger partial charge in [0.2, 0.25) is 5.17 Å². The van der Waals surface area contributed by atoms with Gasteiger partial charge in [-0.1, -0.05) is 24.3 Å². The number of hydrogen-bond acceptors (Lipinski definition) is 7. The van der Waals surface area contributed by atoms with Crippen molar-refractivity contribution in [1.29, 1.82) is 5.41 Å². The number of non-ortho nitro benzene ring substituents is 1. The number of amides is 1. The van der Waals surface area contributed by atoms with Crippen LogP contribution in [-0.4, -0.2) is 31.9 Å². The molecule has 0 radical (unpaired) electrons. The molecule has 1 amide bonds. The van der Waals surface area contributed by atoms with Crippen molar-refractivity contribution in [3.8, 4) is 11.3 Å². The number of nitro groups is 1. The first-order valence-corrected chi connectivity index (χ1v) is 10.6. The van der Waals surface area contributed by atoms with Crippen molar-refractivity contribution >= 4 is 45.5 Å². The standard InChI is InChI=1S/C23H15N5O4S/c1-13-4-2-3-5-17(13)22-26-27-20(24)18(21(29)25-23(27)33-22)12-16-10-11-19(32-16)14-6-8-15(9-7-14)28(30)31/h2-12,24H,1H3. The van der Waals surface area contributed by atoms with E-state index in [2.05, 4.69) is 10.1 Å². The van der Waals surface area contributed by atoms with Gasteiger partial charge in [0.1, 0.15) is 16.6 Å². The van der Waals surface area contributed by atoms with Crippen LogP contribution in [0.15, 0.2) is 80.7 Å². The van der Waals surface area contributed by atoms with E-state index < -0.39 is 10.8 Å². The van der Waals surface area contributed by atoms with Crippen molar-refractivity contribution in [3.63, 3.8) is 0 Å². The predicted molar refractivity (Wildman–Crippen MR) is 126 cm³/mol. The average Bonchev–Trinajstić information content (AvgIpc) is 3.44. The number of aliphatic imine (C=N–C) groups is 1. The second kappa shape index (κ2) is 7.99. The number of benzene rings is 2. The molecule has 162 valence electrons. The van der Waals surface area contributed by atoms with Crippen LogP contribution in [0.2, 0.25) is 0 Å². The van der Waals surface area contributed by atoms with Gasteiger partial charge in [0.05, 0.1) is 10.5 Å². The van der Waals surface area contributed by atoms with Crippen LogP contribution in [0.5, 0.6) is 0 Å². The summed E-state index contributed by atoms with van der Waals surface area (Å²) >= 11 is 1.25. The number of nitro benzene ring substituents is 1. The molecule has 5 rings (SSSR count). The molecule has 0 saturated heterocycles. The number of hydrazone groups is 1. The van der Waals surface area contributed by atoms with Gasteiger partial charge in [-0.25, -0.2) is 0 Å². The lowest BCUT2D eigenvalue weighted by atomic mass is 10.1. The van der Waals surface area contributed by atoms with E-state index in [0.29, 0.717) is 27.3 Å². The maximum absolute atomic E-state index is 12.6. The summed E-state index contributed by atoms with van der Waals surface area (Å²) in [6.07, 6.45) is 1.45. The van der Waals surface area contributed by atoms with Gasteiger partial charge < -0.3 is 4.42 Å². The highest BCUT2D eigenvalue weighted by molar-refractivity contribution is 8.27. The van der Waals surface area contributed by atoms with Crippen molar-refractivity contribution in [2.24, 2.45) is 10.1 Å². The van der Waals surface area contributed by atoms with Gasteiger partial charge in [0.15, 0.2) is 5.84 Å². The Labute approximate surface area is 191 Å². The van der Waals surface area contributed by atoms with Crippen molar-refractivity contribution in [3.05, 3.63) is 93.2 Å². The second-order valence-corrected chi connectivity index (χ2v) is 8.20. The lowest BCUT2D eigenvalue weighted by Gasteiger charge is -2.19. The van der Waals surface area contributed by atoms with Crippen LogP contribution < -0.4 is 0 Å². The Hall–Kier alpha value is -4.31. The highest BCUT2D eigenvalue weighted by Gasteiger charge is 2.36. The molecule has 0 saturated carbocycles. The van der Waals surface area contributed by atoms with E-state index in [9.17, 15) is 14.9 Å². The Morgan fingerprint density at radius 3 is 2.61 bits per heavy atom. The molecule has 0 spiro atoms. The molecular weight excluding hydrogens is 442 g/mol. The molecule has 2 aromatic carbocycles. The molecule has 33 heavy (non-hydrogen) atoms. The summed E-state index contributed by atoms with van der Waals surface area (Å²) in [6, 6.07) is 17.1. The Morgan fingerprint density at radius 1 is 1.12 bits per heavy atom. The summed E-state index contributed by atoms with van der Waals surface area (Å²) in [5.41, 5.74) is 2.64. The van der Waals surface area contributed by atoms with Gasteiger partial charge >= 0.3 is 0 Å². The fourth-order valence-corrected chi connectivity index (χ4v) is 4.37. The Balaban J connectivity index is 1.43. The number of hydrogen-bond donors (Lipinski definition) is 1. The third-order valence-corrected chi connectivity index (χ3v) is 6.05. The number of fused-ring (bicyclic) bond motifs is 1. The largest absolute Gasteiger partial charge is 0.457 e. The van der Waals surface area contributed by atoms with Crippen LogP contribution in [-0.2, 0) is 4.79 Å². The van der Waals surface area contributed by atoms with E-state index in [1.165, 1.54) is 35.0 Å². The summed E-state index contributed by atoms with van der Waals surface area (Å²) in [6.45, 7) is 1.97. The zero-order chi connectivity index (χ0) is 23.1. The fourth-order valence-electron chi connectivity index (χ4n) is 3.39. The fraction of sp³-hybridized carbons (Fsp3) is 0.0435. The topological polar surface area (TPSA) is 125 Å². The number of rotatable bonds is 4. The number of furan rings is 1. The SMILES string of the molecule is Cc1ccccc1C1=NN2C(=N)C(=Cc3ccc(-c4ccc([N+](=O)[O-])cc4)o3)C(=O)N=C2S1. The molecule has 2 aliphatic heterocycles. The van der Waals surface area contributed by atoms with Crippen molar-refractivity contribution in [2.75, 3.05) is 0 Å². The summed E-state index contributed by atoms with van der Waals surface area (Å²) in [4.78, 5) is 27.1. The zero-order valence-corrected chi connectivity index (χ0v) is 18.0. The molecule has 3 aromatic rings. The van der Waals surface area contributed by atoms with Crippen LogP contribution in [0, 0.1) is 22.4 Å². The number of amidine groups is 2. The van der Waals surface area contributed by atoms with Gasteiger partial charge in [0, 0.05) is 23.3 Å². The first-order valence-electron chi connectivity index (χ1n) is 9.81. The molecule has 0 atom stereocenters. The van der Waals surface area contributed by atoms with Crippen LogP contribution >= 0.6 is 11.8 Å². The third kappa shape index (κ3) is 3.76. The van der Waals surface area contributed by atoms with Gasteiger partial charge in [-0.05, 0) is 54.6 Å². The molecule has 3 heterocycles. The molecule has 9 nitrogen and oxygen atoms in total. The number of nitrogens with one attached hydrogen (secondary N) is 1. The third-order valence-electron chi connectivity index (χ3n) is 5.11. The first kappa shape index (κ1) is 20.6. The smallest absolute Gasteiger partial charge is 0.283 e. The molecule has 2 aliphatic rings. The molecule has 0 bridgehead atoms. The lowest BCUT2D eigenvalue weighted by molar-refractivity contribution is -0.384. The monoisotopic (exact) mass is 457 g/mol. The van der Waals surface area contributed by atoms with Crippen LogP contribution in [0.1, 0.15) is 16.9 Å². The van der Waals surface area contributed by atoms with E-state index in [-0.39, 0.29) is 17.1 Å². The maximum atomic E-state index is 12.6. The molecule has 1 N–H and O–H groups in total. The minimum atomic E-state index is -0.548. The number of carbonyl (C=O) groups is 1. The normalized spacial score (nSPS) is 16.6. The summed E-state index contributed by atoms with van der Waals surface area (Å²) in [5.74, 6) is 0.194. The Morgan fingerprint density at radius 2 is 1.88 bits per heavy atom. The van der Waals surface area contributed by atoms with Gasteiger partial charge in [-0.2, -0.15) is 15.1 Å². The molecular formula is C23H15N5O4S. The number of carbonyl (C=O) groups excluding carboxylic acids is 1. The van der Waals surface area contributed by atoms with Crippen molar-refractivity contribution in [2.45, 2.75) is 6.92 Å². The van der Waals surface area contributed by atoms with E-state index >= 15 is 0 Å². The molecule has 0 aliphatic carbocycles. The maximum Gasteiger partial charge on any atom is 0.283 e. The van der Waals surface area contributed by atoms with Crippen LogP contribution in [0.25, 0.3) is 17.4 Å². The molecule has 0 unspecified atom stereocenters. The average molecular weight is 457 g/mol. The Kier molecular flexibility index (Phi) is 4.98. The van der Waals surface area contributed by atoms with Gasteiger partial charge in [0.25, 0.3) is 11.6 Å². The molecule has 1 aromatic heterocycles. The first-order chi connectivity index (χ1) is 15.9. The number of nitrogens with zero attached hydrogens (tertiary/aromatic N) is 4. The second-order valence-electron chi connectivity index (χ2n) is 7.25. The quantitative estimate of drug-likeness (QED) is 0.340. The van der Waals surface area contributed by atoms with Gasteiger partial charge in [-0.3, -0.25) is 20.3 Å². The van der Waals surface area contributed by atoms with Crippen LogP contribution in [0.4, 0.5) is 5.69 Å². The van der Waals surface area contributed by atoms with Crippen molar-refractivity contribution in [1.82, 2.24) is 5.01 Å². The number of aryl methyl sites for hydroxylation is 1. The Bertz CT molecular complexity index is 1420. The minimum Gasteiger partial charge on any atom is -0.457 e. The highest BCUT2D eigenvalue weighted by Crippen LogP contribution is 2.32. The molecule has 0 fully saturated rings.